The monoisotopic (exact) mass is 362 g/mol. The molecule has 1 amide bonds. The summed E-state index contributed by atoms with van der Waals surface area (Å²) in [5, 5.41) is 3.86. The van der Waals surface area contributed by atoms with Crippen LogP contribution in [0.5, 0.6) is 11.5 Å². The average Bonchev–Trinajstić information content (AvgIpc) is 2.69. The van der Waals surface area contributed by atoms with Crippen molar-refractivity contribution in [3.05, 3.63) is 66.4 Å². The number of nitrogens with one attached hydrogen (secondary N) is 1. The van der Waals surface area contributed by atoms with E-state index in [4.69, 9.17) is 9.47 Å². The van der Waals surface area contributed by atoms with Crippen molar-refractivity contribution in [2.24, 2.45) is 0 Å². The highest BCUT2D eigenvalue weighted by Gasteiger charge is 2.06. The Balaban J connectivity index is 1.75. The van der Waals surface area contributed by atoms with Crippen LogP contribution >= 0.6 is 0 Å². The van der Waals surface area contributed by atoms with E-state index in [0.29, 0.717) is 30.4 Å². The molecule has 0 aliphatic carbocycles. The summed E-state index contributed by atoms with van der Waals surface area (Å²) in [6.07, 6.45) is 4.95. The van der Waals surface area contributed by atoms with Crippen LogP contribution in [0.1, 0.15) is 19.4 Å². The molecule has 0 fully saturated rings. The van der Waals surface area contributed by atoms with Gasteiger partial charge in [-0.1, -0.05) is 24.3 Å². The number of fused-ring (bicyclic) bond motifs is 1. The maximum absolute atomic E-state index is 12.3. The van der Waals surface area contributed by atoms with Crippen LogP contribution in [-0.2, 0) is 4.79 Å². The predicted molar refractivity (Wildman–Crippen MR) is 108 cm³/mol. The second-order valence-corrected chi connectivity index (χ2v) is 5.78. The number of carbonyl (C=O) groups is 1. The molecule has 0 aliphatic rings. The zero-order valence-electron chi connectivity index (χ0n) is 15.4. The van der Waals surface area contributed by atoms with E-state index in [2.05, 4.69) is 10.3 Å². The Bertz CT molecular complexity index is 961. The molecule has 3 rings (SSSR count). The second kappa shape index (κ2) is 8.85. The van der Waals surface area contributed by atoms with Crippen molar-refractivity contribution in [3.8, 4) is 11.5 Å². The molecule has 5 heteroatoms. The van der Waals surface area contributed by atoms with E-state index in [9.17, 15) is 4.79 Å². The molecule has 2 aromatic carbocycles. The Morgan fingerprint density at radius 2 is 1.81 bits per heavy atom. The average molecular weight is 362 g/mol. The molecule has 0 aliphatic heterocycles. The Hall–Kier alpha value is -3.34. The standard InChI is InChI=1S/C22H22N2O3/c1-3-26-19-12-10-16(15-20(19)27-4-2)11-13-21(25)24-18-9-5-7-17-8-6-14-23-22(17)18/h5-15H,3-4H2,1-2H3,(H,24,25). The smallest absolute Gasteiger partial charge is 0.248 e. The number of hydrogen-bond donors (Lipinski definition) is 1. The fourth-order valence-corrected chi connectivity index (χ4v) is 2.72. The molecule has 0 saturated carbocycles. The maximum Gasteiger partial charge on any atom is 0.248 e. The largest absolute Gasteiger partial charge is 0.490 e. The van der Waals surface area contributed by atoms with Gasteiger partial charge < -0.3 is 14.8 Å². The van der Waals surface area contributed by atoms with E-state index in [1.54, 1.807) is 12.3 Å². The quantitative estimate of drug-likeness (QED) is 0.620. The summed E-state index contributed by atoms with van der Waals surface area (Å²) in [6, 6.07) is 15.1. The van der Waals surface area contributed by atoms with Gasteiger partial charge >= 0.3 is 0 Å². The van der Waals surface area contributed by atoms with Crippen LogP contribution in [0.15, 0.2) is 60.8 Å². The first-order valence-corrected chi connectivity index (χ1v) is 8.93. The van der Waals surface area contributed by atoms with E-state index in [-0.39, 0.29) is 5.91 Å². The number of hydrogen-bond acceptors (Lipinski definition) is 4. The lowest BCUT2D eigenvalue weighted by atomic mass is 10.1. The zero-order chi connectivity index (χ0) is 19.1. The third-order valence-electron chi connectivity index (χ3n) is 3.89. The minimum absolute atomic E-state index is 0.222. The maximum atomic E-state index is 12.3. The third kappa shape index (κ3) is 4.64. The minimum Gasteiger partial charge on any atom is -0.490 e. The van der Waals surface area contributed by atoms with Gasteiger partial charge in [-0.25, -0.2) is 0 Å². The van der Waals surface area contributed by atoms with E-state index in [1.807, 2.05) is 62.4 Å². The topological polar surface area (TPSA) is 60.5 Å². The Morgan fingerprint density at radius 3 is 2.63 bits per heavy atom. The lowest BCUT2D eigenvalue weighted by Crippen LogP contribution is -2.08. The van der Waals surface area contributed by atoms with Crippen LogP contribution in [0.2, 0.25) is 0 Å². The van der Waals surface area contributed by atoms with Crippen molar-refractivity contribution in [1.82, 2.24) is 4.98 Å². The lowest BCUT2D eigenvalue weighted by molar-refractivity contribution is -0.111. The molecule has 0 spiro atoms. The third-order valence-corrected chi connectivity index (χ3v) is 3.89. The molecule has 1 N–H and O–H groups in total. The van der Waals surface area contributed by atoms with E-state index in [0.717, 1.165) is 16.5 Å². The molecule has 0 unspecified atom stereocenters. The highest BCUT2D eigenvalue weighted by molar-refractivity contribution is 6.06. The van der Waals surface area contributed by atoms with Gasteiger partial charge in [0.15, 0.2) is 11.5 Å². The number of benzene rings is 2. The number of nitrogens with zero attached hydrogens (tertiary/aromatic N) is 1. The number of anilines is 1. The molecule has 0 radical (unpaired) electrons. The van der Waals surface area contributed by atoms with Gasteiger partial charge in [-0.15, -0.1) is 0 Å². The van der Waals surface area contributed by atoms with Crippen LogP contribution < -0.4 is 14.8 Å². The number of pyridine rings is 1. The second-order valence-electron chi connectivity index (χ2n) is 5.78. The minimum atomic E-state index is -0.222. The number of aromatic nitrogens is 1. The SMILES string of the molecule is CCOc1ccc(C=CC(=O)Nc2cccc3cccnc23)cc1OCC. The summed E-state index contributed by atoms with van der Waals surface area (Å²) < 4.78 is 11.2. The molecule has 1 aromatic heterocycles. The van der Waals surface area contributed by atoms with Crippen LogP contribution in [0.4, 0.5) is 5.69 Å². The van der Waals surface area contributed by atoms with Gasteiger partial charge in [0.1, 0.15) is 0 Å². The first-order valence-electron chi connectivity index (χ1n) is 8.93. The highest BCUT2D eigenvalue weighted by Crippen LogP contribution is 2.29. The van der Waals surface area contributed by atoms with Gasteiger partial charge in [-0.05, 0) is 49.8 Å². The Morgan fingerprint density at radius 1 is 1.04 bits per heavy atom. The van der Waals surface area contributed by atoms with Crippen molar-refractivity contribution in [2.45, 2.75) is 13.8 Å². The summed E-state index contributed by atoms with van der Waals surface area (Å²) in [5.41, 5.74) is 2.30. The number of amides is 1. The van der Waals surface area contributed by atoms with Crippen molar-refractivity contribution < 1.29 is 14.3 Å². The fraction of sp³-hybridized carbons (Fsp3) is 0.182. The van der Waals surface area contributed by atoms with Gasteiger partial charge in [0, 0.05) is 17.7 Å². The van der Waals surface area contributed by atoms with Crippen LogP contribution in [0.25, 0.3) is 17.0 Å². The Labute approximate surface area is 158 Å². The summed E-state index contributed by atoms with van der Waals surface area (Å²) in [7, 11) is 0. The molecular formula is C22H22N2O3. The number of para-hydroxylation sites is 1. The predicted octanol–water partition coefficient (Wildman–Crippen LogP) is 4.68. The van der Waals surface area contributed by atoms with Gasteiger partial charge in [-0.2, -0.15) is 0 Å². The van der Waals surface area contributed by atoms with Crippen molar-refractivity contribution in [2.75, 3.05) is 18.5 Å². The van der Waals surface area contributed by atoms with Crippen LogP contribution in [-0.4, -0.2) is 24.1 Å². The van der Waals surface area contributed by atoms with E-state index < -0.39 is 0 Å². The van der Waals surface area contributed by atoms with Gasteiger partial charge in [0.25, 0.3) is 0 Å². The van der Waals surface area contributed by atoms with Crippen molar-refractivity contribution >= 4 is 28.6 Å². The van der Waals surface area contributed by atoms with E-state index >= 15 is 0 Å². The molecule has 3 aromatic rings. The molecule has 0 saturated heterocycles. The number of ether oxygens (including phenoxy) is 2. The van der Waals surface area contributed by atoms with Gasteiger partial charge in [0.2, 0.25) is 5.91 Å². The van der Waals surface area contributed by atoms with Gasteiger partial charge in [-0.3, -0.25) is 9.78 Å². The highest BCUT2D eigenvalue weighted by atomic mass is 16.5. The summed E-state index contributed by atoms with van der Waals surface area (Å²) in [5.74, 6) is 1.14. The molecule has 0 bridgehead atoms. The first kappa shape index (κ1) is 18.5. The molecule has 27 heavy (non-hydrogen) atoms. The molecule has 5 nitrogen and oxygen atoms in total. The molecule has 1 heterocycles. The van der Waals surface area contributed by atoms with Crippen molar-refractivity contribution in [3.63, 3.8) is 0 Å². The normalized spacial score (nSPS) is 10.9. The summed E-state index contributed by atoms with van der Waals surface area (Å²) >= 11 is 0. The fourth-order valence-electron chi connectivity index (χ4n) is 2.72. The lowest BCUT2D eigenvalue weighted by Gasteiger charge is -2.11. The van der Waals surface area contributed by atoms with Crippen LogP contribution in [0.3, 0.4) is 0 Å². The van der Waals surface area contributed by atoms with Crippen LogP contribution in [0, 0.1) is 0 Å². The molecular weight excluding hydrogens is 340 g/mol. The summed E-state index contributed by atoms with van der Waals surface area (Å²) in [4.78, 5) is 16.7. The molecule has 0 atom stereocenters. The zero-order valence-corrected chi connectivity index (χ0v) is 15.4. The summed E-state index contributed by atoms with van der Waals surface area (Å²) in [6.45, 7) is 4.96. The van der Waals surface area contributed by atoms with Gasteiger partial charge in [0.05, 0.1) is 24.4 Å². The van der Waals surface area contributed by atoms with E-state index in [1.165, 1.54) is 6.08 Å². The molecule has 138 valence electrons. The Kier molecular flexibility index (Phi) is 6.05. The number of carbonyl (C=O) groups excluding carboxylic acids is 1. The first-order chi connectivity index (χ1) is 13.2. The number of rotatable bonds is 7. The van der Waals surface area contributed by atoms with Crippen molar-refractivity contribution in [1.29, 1.82) is 0 Å².